The fourth-order valence-corrected chi connectivity index (χ4v) is 0.728. The van der Waals surface area contributed by atoms with Crippen molar-refractivity contribution >= 4 is 6.41 Å². The van der Waals surface area contributed by atoms with Crippen LogP contribution in [0, 0.1) is 0 Å². The summed E-state index contributed by atoms with van der Waals surface area (Å²) in [5, 5.41) is 2.43. The molecule has 0 aromatic heterocycles. The Kier molecular flexibility index (Phi) is 6.51. The predicted octanol–water partition coefficient (Wildman–Crippen LogP) is 2.46. The summed E-state index contributed by atoms with van der Waals surface area (Å²) in [5.41, 5.74) is 0.578. The lowest BCUT2D eigenvalue weighted by atomic mass is 10.3. The van der Waals surface area contributed by atoms with Crippen LogP contribution < -0.4 is 5.32 Å². The summed E-state index contributed by atoms with van der Waals surface area (Å²) in [7, 11) is 0. The van der Waals surface area contributed by atoms with Crippen LogP contribution in [0.25, 0.3) is 0 Å². The fourth-order valence-electron chi connectivity index (χ4n) is 0.728. The van der Waals surface area contributed by atoms with E-state index in [1.807, 2.05) is 6.92 Å². The molecule has 13 heavy (non-hydrogen) atoms. The van der Waals surface area contributed by atoms with E-state index in [0.29, 0.717) is 18.5 Å². The first kappa shape index (κ1) is 11.6. The van der Waals surface area contributed by atoms with Gasteiger partial charge < -0.3 is 5.32 Å². The molecule has 0 atom stereocenters. The molecule has 0 saturated heterocycles. The summed E-state index contributed by atoms with van der Waals surface area (Å²) in [6.45, 7) is 3.62. The largest absolute Gasteiger partial charge is 0.329 e. The molecular formula is C10H14FNO. The van der Waals surface area contributed by atoms with E-state index in [1.54, 1.807) is 13.0 Å². The number of amides is 1. The van der Waals surface area contributed by atoms with Gasteiger partial charge in [-0.1, -0.05) is 13.0 Å². The standard InChI is InChI=1S/C10H14FNO/c1-3-5-9(11)6-7-10(4-2)12-8-13/h4-8H,3H2,1-2H3,(H,12,13)/b7-6-,9-5-,10-4+. The first-order chi connectivity index (χ1) is 6.24. The Morgan fingerprint density at radius 2 is 2.15 bits per heavy atom. The predicted molar refractivity (Wildman–Crippen MR) is 51.6 cm³/mol. The van der Waals surface area contributed by atoms with Gasteiger partial charge in [-0.05, 0) is 31.6 Å². The Bertz CT molecular complexity index is 241. The Hall–Kier alpha value is -1.38. The van der Waals surface area contributed by atoms with Crippen molar-refractivity contribution in [1.82, 2.24) is 5.32 Å². The molecule has 0 unspecified atom stereocenters. The molecule has 2 nitrogen and oxygen atoms in total. The number of carbonyl (C=O) groups excluding carboxylic acids is 1. The van der Waals surface area contributed by atoms with Crippen molar-refractivity contribution in [2.45, 2.75) is 20.3 Å². The minimum Gasteiger partial charge on any atom is -0.329 e. The van der Waals surface area contributed by atoms with E-state index in [0.717, 1.165) is 0 Å². The third-order valence-electron chi connectivity index (χ3n) is 1.36. The number of carbonyl (C=O) groups is 1. The van der Waals surface area contributed by atoms with Crippen LogP contribution in [0.15, 0.2) is 35.8 Å². The summed E-state index contributed by atoms with van der Waals surface area (Å²) in [5.74, 6) is -0.297. The van der Waals surface area contributed by atoms with Gasteiger partial charge in [0.15, 0.2) is 0 Å². The van der Waals surface area contributed by atoms with Gasteiger partial charge in [-0.2, -0.15) is 0 Å². The van der Waals surface area contributed by atoms with Crippen molar-refractivity contribution in [3.8, 4) is 0 Å². The van der Waals surface area contributed by atoms with Crippen molar-refractivity contribution in [3.63, 3.8) is 0 Å². The van der Waals surface area contributed by atoms with E-state index in [1.165, 1.54) is 18.2 Å². The topological polar surface area (TPSA) is 29.1 Å². The molecule has 0 spiro atoms. The number of rotatable bonds is 5. The molecule has 0 fully saturated rings. The van der Waals surface area contributed by atoms with Gasteiger partial charge in [-0.15, -0.1) is 0 Å². The molecule has 0 aromatic rings. The summed E-state index contributed by atoms with van der Waals surface area (Å²) in [4.78, 5) is 10.1. The van der Waals surface area contributed by atoms with Crippen LogP contribution in [0.4, 0.5) is 4.39 Å². The Morgan fingerprint density at radius 1 is 1.46 bits per heavy atom. The van der Waals surface area contributed by atoms with Crippen molar-refractivity contribution < 1.29 is 9.18 Å². The van der Waals surface area contributed by atoms with E-state index >= 15 is 0 Å². The molecule has 0 aliphatic carbocycles. The van der Waals surface area contributed by atoms with Crippen molar-refractivity contribution in [1.29, 1.82) is 0 Å². The Morgan fingerprint density at radius 3 is 2.62 bits per heavy atom. The second-order valence-electron chi connectivity index (χ2n) is 2.34. The first-order valence-electron chi connectivity index (χ1n) is 4.14. The van der Waals surface area contributed by atoms with E-state index in [4.69, 9.17) is 0 Å². The van der Waals surface area contributed by atoms with Crippen LogP contribution in [0.5, 0.6) is 0 Å². The van der Waals surface area contributed by atoms with Gasteiger partial charge >= 0.3 is 0 Å². The van der Waals surface area contributed by atoms with Gasteiger partial charge in [-0.25, -0.2) is 4.39 Å². The minimum absolute atomic E-state index is 0.297. The average Bonchev–Trinajstić information content (AvgIpc) is 2.12. The van der Waals surface area contributed by atoms with E-state index < -0.39 is 0 Å². The van der Waals surface area contributed by atoms with Crippen LogP contribution in [-0.4, -0.2) is 6.41 Å². The van der Waals surface area contributed by atoms with Gasteiger partial charge in [0, 0.05) is 5.70 Å². The summed E-state index contributed by atoms with van der Waals surface area (Å²) in [6.07, 6.45) is 7.18. The summed E-state index contributed by atoms with van der Waals surface area (Å²) in [6, 6.07) is 0. The van der Waals surface area contributed by atoms with Gasteiger partial charge in [-0.3, -0.25) is 4.79 Å². The Balaban J connectivity index is 4.23. The first-order valence-corrected chi connectivity index (χ1v) is 4.14. The van der Waals surface area contributed by atoms with Gasteiger partial charge in [0.05, 0.1) is 0 Å². The zero-order chi connectivity index (χ0) is 10.1. The van der Waals surface area contributed by atoms with Crippen molar-refractivity contribution in [3.05, 3.63) is 35.8 Å². The van der Waals surface area contributed by atoms with Crippen LogP contribution in [0.3, 0.4) is 0 Å². The highest BCUT2D eigenvalue weighted by atomic mass is 19.1. The summed E-state index contributed by atoms with van der Waals surface area (Å²) >= 11 is 0. The smallest absolute Gasteiger partial charge is 0.211 e. The highest BCUT2D eigenvalue weighted by Crippen LogP contribution is 2.02. The molecule has 0 aromatic carbocycles. The van der Waals surface area contributed by atoms with Gasteiger partial charge in [0.25, 0.3) is 0 Å². The normalized spacial score (nSPS) is 13.5. The maximum absolute atomic E-state index is 12.8. The van der Waals surface area contributed by atoms with E-state index in [2.05, 4.69) is 5.32 Å². The third-order valence-corrected chi connectivity index (χ3v) is 1.36. The van der Waals surface area contributed by atoms with Crippen LogP contribution in [0.2, 0.25) is 0 Å². The van der Waals surface area contributed by atoms with Crippen LogP contribution in [0.1, 0.15) is 20.3 Å². The number of nitrogens with one attached hydrogen (secondary N) is 1. The number of hydrogen-bond donors (Lipinski definition) is 1. The van der Waals surface area contributed by atoms with Crippen LogP contribution in [-0.2, 0) is 4.79 Å². The lowest BCUT2D eigenvalue weighted by molar-refractivity contribution is -0.108. The highest BCUT2D eigenvalue weighted by Gasteiger charge is 1.88. The molecule has 0 rings (SSSR count). The zero-order valence-corrected chi connectivity index (χ0v) is 7.88. The van der Waals surface area contributed by atoms with Crippen molar-refractivity contribution in [2.75, 3.05) is 0 Å². The molecule has 0 bridgehead atoms. The zero-order valence-electron chi connectivity index (χ0n) is 7.88. The second-order valence-corrected chi connectivity index (χ2v) is 2.34. The third kappa shape index (κ3) is 5.84. The number of hydrogen-bond acceptors (Lipinski definition) is 1. The number of halogens is 1. The summed E-state index contributed by atoms with van der Waals surface area (Å²) < 4.78 is 12.8. The van der Waals surface area contributed by atoms with Crippen LogP contribution >= 0.6 is 0 Å². The molecule has 0 aliphatic heterocycles. The van der Waals surface area contributed by atoms with E-state index in [-0.39, 0.29) is 5.83 Å². The molecule has 72 valence electrons. The van der Waals surface area contributed by atoms with Gasteiger partial charge in [0.2, 0.25) is 6.41 Å². The Labute approximate surface area is 77.8 Å². The number of allylic oxidation sites excluding steroid dienone is 5. The highest BCUT2D eigenvalue weighted by molar-refractivity contribution is 5.51. The fraction of sp³-hybridized carbons (Fsp3) is 0.300. The average molecular weight is 183 g/mol. The molecule has 1 amide bonds. The maximum Gasteiger partial charge on any atom is 0.211 e. The lowest BCUT2D eigenvalue weighted by Crippen LogP contribution is -2.07. The molecule has 0 heterocycles. The van der Waals surface area contributed by atoms with Gasteiger partial charge in [0.1, 0.15) is 5.83 Å². The molecular weight excluding hydrogens is 169 g/mol. The van der Waals surface area contributed by atoms with E-state index in [9.17, 15) is 9.18 Å². The minimum atomic E-state index is -0.297. The maximum atomic E-state index is 12.8. The molecule has 0 saturated carbocycles. The molecule has 3 heteroatoms. The SMILES string of the molecule is C\C=C(/C=C\C(F)=C\CC)NC=O. The van der Waals surface area contributed by atoms with Crippen molar-refractivity contribution in [2.24, 2.45) is 0 Å². The quantitative estimate of drug-likeness (QED) is 0.515. The second kappa shape index (κ2) is 7.28. The molecule has 1 N–H and O–H groups in total. The monoisotopic (exact) mass is 183 g/mol. The molecule has 0 radical (unpaired) electrons. The molecule has 0 aliphatic rings. The lowest BCUT2D eigenvalue weighted by Gasteiger charge is -1.95.